The normalized spacial score (nSPS) is 10.6. The molecule has 1 aromatic heterocycles. The van der Waals surface area contributed by atoms with Gasteiger partial charge in [0.2, 0.25) is 0 Å². The lowest BCUT2D eigenvalue weighted by Crippen LogP contribution is -2.13. The maximum Gasteiger partial charge on any atom is 0.0794 e. The summed E-state index contributed by atoms with van der Waals surface area (Å²) >= 11 is 1.67. The number of aromatic nitrogens is 1. The quantitative estimate of drug-likeness (QED) is 0.853. The molecule has 0 spiro atoms. The van der Waals surface area contributed by atoms with Crippen LogP contribution in [0.15, 0.2) is 36.0 Å². The number of nitrogens with one attached hydrogen (secondary N) is 1. The molecule has 0 atom stereocenters. The summed E-state index contributed by atoms with van der Waals surface area (Å²) in [5, 5.41) is 3.42. The number of hydrogen-bond donors (Lipinski definition) is 1. The van der Waals surface area contributed by atoms with Gasteiger partial charge >= 0.3 is 0 Å². The lowest BCUT2D eigenvalue weighted by molar-refractivity contribution is 0.184. The van der Waals surface area contributed by atoms with E-state index in [1.165, 1.54) is 16.0 Å². The Morgan fingerprint density at radius 3 is 2.76 bits per heavy atom. The lowest BCUT2D eigenvalue weighted by atomic mass is 10.1. The summed E-state index contributed by atoms with van der Waals surface area (Å²) in [6, 6.07) is 8.34. The van der Waals surface area contributed by atoms with Crippen molar-refractivity contribution in [3.05, 3.63) is 52.0 Å². The molecule has 0 aliphatic rings. The molecule has 90 valence electrons. The van der Waals surface area contributed by atoms with Gasteiger partial charge in [0.1, 0.15) is 0 Å². The molecule has 0 saturated heterocycles. The second kappa shape index (κ2) is 6.49. The Morgan fingerprint density at radius 1 is 1.24 bits per heavy atom. The molecule has 0 radical (unpaired) electrons. The molecule has 0 unspecified atom stereocenters. The first-order valence-corrected chi connectivity index (χ1v) is 6.42. The first kappa shape index (κ1) is 12.2. The van der Waals surface area contributed by atoms with Crippen molar-refractivity contribution in [3.8, 4) is 0 Å². The van der Waals surface area contributed by atoms with Gasteiger partial charge in [-0.1, -0.05) is 24.3 Å². The van der Waals surface area contributed by atoms with Crippen LogP contribution < -0.4 is 5.32 Å². The highest BCUT2D eigenvalue weighted by molar-refractivity contribution is 7.09. The monoisotopic (exact) mass is 248 g/mol. The van der Waals surface area contributed by atoms with Crippen LogP contribution in [0.2, 0.25) is 0 Å². The van der Waals surface area contributed by atoms with Crippen LogP contribution in [-0.2, 0) is 24.4 Å². The third kappa shape index (κ3) is 3.63. The van der Waals surface area contributed by atoms with Crippen LogP contribution >= 0.6 is 11.3 Å². The summed E-state index contributed by atoms with van der Waals surface area (Å²) in [6.07, 6.45) is 1.90. The molecule has 0 bridgehead atoms. The number of hydrogen-bond acceptors (Lipinski definition) is 4. The number of rotatable bonds is 6. The minimum atomic E-state index is 0.665. The van der Waals surface area contributed by atoms with Gasteiger partial charge in [0.15, 0.2) is 0 Å². The Kier molecular flexibility index (Phi) is 4.67. The fourth-order valence-electron chi connectivity index (χ4n) is 1.68. The van der Waals surface area contributed by atoms with Gasteiger partial charge in [-0.2, -0.15) is 0 Å². The summed E-state index contributed by atoms with van der Waals surface area (Å²) in [6.45, 7) is 2.39. The smallest absolute Gasteiger partial charge is 0.0794 e. The number of ether oxygens (including phenoxy) is 1. The number of methoxy groups -OCH3 is 1. The average Bonchev–Trinajstić information content (AvgIpc) is 2.85. The SMILES string of the molecule is COCc1ccccc1CNCc1cncs1. The van der Waals surface area contributed by atoms with Crippen molar-refractivity contribution >= 4 is 11.3 Å². The topological polar surface area (TPSA) is 34.1 Å². The Morgan fingerprint density at radius 2 is 2.06 bits per heavy atom. The maximum absolute atomic E-state index is 5.19. The van der Waals surface area contributed by atoms with Gasteiger partial charge in [-0.05, 0) is 11.1 Å². The first-order valence-electron chi connectivity index (χ1n) is 5.54. The van der Waals surface area contributed by atoms with E-state index in [4.69, 9.17) is 4.74 Å². The summed E-state index contributed by atoms with van der Waals surface area (Å²) in [5.41, 5.74) is 4.39. The van der Waals surface area contributed by atoms with E-state index in [1.807, 2.05) is 17.8 Å². The minimum absolute atomic E-state index is 0.665. The molecule has 0 fully saturated rings. The van der Waals surface area contributed by atoms with Gasteiger partial charge < -0.3 is 10.1 Å². The van der Waals surface area contributed by atoms with Gasteiger partial charge in [0.05, 0.1) is 12.1 Å². The molecule has 0 saturated carbocycles. The second-order valence-electron chi connectivity index (χ2n) is 3.77. The Hall–Kier alpha value is -1.23. The van der Waals surface area contributed by atoms with Gasteiger partial charge in [-0.3, -0.25) is 4.98 Å². The van der Waals surface area contributed by atoms with Crippen LogP contribution in [0.5, 0.6) is 0 Å². The minimum Gasteiger partial charge on any atom is -0.380 e. The Balaban J connectivity index is 1.89. The summed E-state index contributed by atoms with van der Waals surface area (Å²) in [7, 11) is 1.72. The Bertz CT molecular complexity index is 442. The molecule has 1 N–H and O–H groups in total. The van der Waals surface area contributed by atoms with E-state index < -0.39 is 0 Å². The van der Waals surface area contributed by atoms with Crippen molar-refractivity contribution in [1.29, 1.82) is 0 Å². The predicted molar refractivity (Wildman–Crippen MR) is 69.8 cm³/mol. The van der Waals surface area contributed by atoms with Crippen molar-refractivity contribution in [2.75, 3.05) is 7.11 Å². The summed E-state index contributed by atoms with van der Waals surface area (Å²) in [4.78, 5) is 5.31. The van der Waals surface area contributed by atoms with Gasteiger partial charge in [-0.15, -0.1) is 11.3 Å². The summed E-state index contributed by atoms with van der Waals surface area (Å²) < 4.78 is 5.19. The largest absolute Gasteiger partial charge is 0.380 e. The highest BCUT2D eigenvalue weighted by Gasteiger charge is 2.01. The number of nitrogens with zero attached hydrogens (tertiary/aromatic N) is 1. The van der Waals surface area contributed by atoms with E-state index in [2.05, 4.69) is 28.5 Å². The van der Waals surface area contributed by atoms with Crippen molar-refractivity contribution < 1.29 is 4.74 Å². The van der Waals surface area contributed by atoms with E-state index in [9.17, 15) is 0 Å². The zero-order chi connectivity index (χ0) is 11.9. The van der Waals surface area contributed by atoms with E-state index in [0.29, 0.717) is 6.61 Å². The molecule has 2 aromatic rings. The van der Waals surface area contributed by atoms with E-state index >= 15 is 0 Å². The lowest BCUT2D eigenvalue weighted by Gasteiger charge is -2.09. The van der Waals surface area contributed by atoms with Crippen LogP contribution in [0, 0.1) is 0 Å². The Labute approximate surface area is 105 Å². The molecule has 4 heteroatoms. The molecule has 0 aliphatic carbocycles. The maximum atomic E-state index is 5.19. The van der Waals surface area contributed by atoms with E-state index in [0.717, 1.165) is 13.1 Å². The van der Waals surface area contributed by atoms with Crippen LogP contribution in [0.25, 0.3) is 0 Å². The second-order valence-corrected chi connectivity index (χ2v) is 4.74. The zero-order valence-electron chi connectivity index (χ0n) is 9.85. The molecular formula is C13H16N2OS. The van der Waals surface area contributed by atoms with Crippen LogP contribution in [0.3, 0.4) is 0 Å². The van der Waals surface area contributed by atoms with E-state index in [-0.39, 0.29) is 0 Å². The van der Waals surface area contributed by atoms with Crippen molar-refractivity contribution in [2.24, 2.45) is 0 Å². The first-order chi connectivity index (χ1) is 8.40. The fourth-order valence-corrected chi connectivity index (χ4v) is 2.24. The molecule has 17 heavy (non-hydrogen) atoms. The molecular weight excluding hydrogens is 232 g/mol. The molecule has 3 nitrogen and oxygen atoms in total. The van der Waals surface area contributed by atoms with Crippen LogP contribution in [0.4, 0.5) is 0 Å². The summed E-state index contributed by atoms with van der Waals surface area (Å²) in [5.74, 6) is 0. The third-order valence-electron chi connectivity index (χ3n) is 2.52. The van der Waals surface area contributed by atoms with Crippen molar-refractivity contribution in [2.45, 2.75) is 19.7 Å². The molecule has 1 aromatic carbocycles. The van der Waals surface area contributed by atoms with Crippen molar-refractivity contribution in [1.82, 2.24) is 10.3 Å². The van der Waals surface area contributed by atoms with Gasteiger partial charge in [0.25, 0.3) is 0 Å². The fraction of sp³-hybridized carbons (Fsp3) is 0.308. The predicted octanol–water partition coefficient (Wildman–Crippen LogP) is 2.58. The van der Waals surface area contributed by atoms with Gasteiger partial charge in [-0.25, -0.2) is 0 Å². The molecule has 0 amide bonds. The standard InChI is InChI=1S/C13H16N2OS/c1-16-9-12-5-3-2-4-11(12)6-14-7-13-8-15-10-17-13/h2-5,8,10,14H,6-7,9H2,1H3. The van der Waals surface area contributed by atoms with E-state index in [1.54, 1.807) is 18.4 Å². The third-order valence-corrected chi connectivity index (χ3v) is 3.30. The number of benzene rings is 1. The average molecular weight is 248 g/mol. The van der Waals surface area contributed by atoms with Crippen molar-refractivity contribution in [3.63, 3.8) is 0 Å². The molecule has 2 rings (SSSR count). The molecule has 0 aliphatic heterocycles. The highest BCUT2D eigenvalue weighted by Crippen LogP contribution is 2.10. The van der Waals surface area contributed by atoms with Crippen LogP contribution in [0.1, 0.15) is 16.0 Å². The zero-order valence-corrected chi connectivity index (χ0v) is 10.7. The van der Waals surface area contributed by atoms with Crippen LogP contribution in [-0.4, -0.2) is 12.1 Å². The van der Waals surface area contributed by atoms with Gasteiger partial charge in [0, 0.05) is 31.3 Å². The number of thiazole rings is 1. The molecule has 1 heterocycles. The highest BCUT2D eigenvalue weighted by atomic mass is 32.1.